The summed E-state index contributed by atoms with van der Waals surface area (Å²) in [6.45, 7) is 6.92. The fourth-order valence-corrected chi connectivity index (χ4v) is 3.23. The first-order valence-electron chi connectivity index (χ1n) is 9.83. The van der Waals surface area contributed by atoms with Crippen LogP contribution in [0.3, 0.4) is 0 Å². The number of morpholine rings is 1. The lowest BCUT2D eigenvalue weighted by Crippen LogP contribution is -2.41. The van der Waals surface area contributed by atoms with Gasteiger partial charge in [-0.2, -0.15) is 0 Å². The number of amides is 1. The maximum atomic E-state index is 12.6. The third-order valence-corrected chi connectivity index (χ3v) is 4.89. The van der Waals surface area contributed by atoms with Crippen LogP contribution in [0, 0.1) is 0 Å². The van der Waals surface area contributed by atoms with Crippen LogP contribution in [-0.2, 0) is 16.0 Å². The first-order chi connectivity index (χ1) is 13.6. The molecular weight excluding hydrogens is 354 g/mol. The number of rotatable bonds is 7. The third kappa shape index (κ3) is 5.03. The number of pyridine rings is 1. The number of hydrogen-bond acceptors (Lipinski definition) is 5. The average Bonchev–Trinajstić information content (AvgIpc) is 2.73. The van der Waals surface area contributed by atoms with Crippen LogP contribution in [-0.4, -0.2) is 54.4 Å². The maximum Gasteiger partial charge on any atom is 0.238 e. The van der Waals surface area contributed by atoms with Crippen molar-refractivity contribution in [2.75, 3.05) is 38.2 Å². The molecule has 2 aromatic rings. The number of aryl methyl sites for hydroxylation is 1. The summed E-state index contributed by atoms with van der Waals surface area (Å²) in [6.07, 6.45) is 2.98. The molecule has 0 spiro atoms. The van der Waals surface area contributed by atoms with Crippen molar-refractivity contribution in [1.29, 1.82) is 0 Å². The lowest BCUT2D eigenvalue weighted by molar-refractivity contribution is -0.118. The number of carbonyl (C=O) groups excluding carboxylic acids is 2. The highest BCUT2D eigenvalue weighted by atomic mass is 16.5. The first kappa shape index (κ1) is 20.2. The van der Waals surface area contributed by atoms with E-state index >= 15 is 0 Å². The van der Waals surface area contributed by atoms with Gasteiger partial charge in [0.15, 0.2) is 5.78 Å². The number of anilines is 1. The van der Waals surface area contributed by atoms with E-state index in [1.165, 1.54) is 5.56 Å². The summed E-state index contributed by atoms with van der Waals surface area (Å²) in [5, 5.41) is 2.91. The van der Waals surface area contributed by atoms with Gasteiger partial charge in [0, 0.05) is 31.3 Å². The Morgan fingerprint density at radius 1 is 1.14 bits per heavy atom. The van der Waals surface area contributed by atoms with E-state index in [0.29, 0.717) is 31.0 Å². The van der Waals surface area contributed by atoms with Crippen molar-refractivity contribution < 1.29 is 14.3 Å². The lowest BCUT2D eigenvalue weighted by atomic mass is 10.0. The van der Waals surface area contributed by atoms with Crippen molar-refractivity contribution in [2.24, 2.45) is 0 Å². The van der Waals surface area contributed by atoms with Gasteiger partial charge < -0.3 is 10.1 Å². The molecular formula is C22H27N3O3. The van der Waals surface area contributed by atoms with Crippen LogP contribution >= 0.6 is 0 Å². The minimum absolute atomic E-state index is 0.0875. The van der Waals surface area contributed by atoms with Crippen LogP contribution in [0.2, 0.25) is 0 Å². The standard InChI is InChI=1S/C22H27N3O3/c1-3-16-6-5-7-17(12-16)18-13-19(22(23-14-18)20(26)4-2)24-21(27)15-25-8-10-28-11-9-25/h5-7,12-14H,3-4,8-11,15H2,1-2H3,(H,24,27). The summed E-state index contributed by atoms with van der Waals surface area (Å²) in [5.74, 6) is -0.233. The Morgan fingerprint density at radius 3 is 2.64 bits per heavy atom. The maximum absolute atomic E-state index is 12.6. The van der Waals surface area contributed by atoms with Gasteiger partial charge in [-0.25, -0.2) is 0 Å². The van der Waals surface area contributed by atoms with Gasteiger partial charge >= 0.3 is 0 Å². The zero-order valence-corrected chi connectivity index (χ0v) is 16.5. The summed E-state index contributed by atoms with van der Waals surface area (Å²) in [6, 6.07) is 10.1. The van der Waals surface area contributed by atoms with Crippen LogP contribution in [0.15, 0.2) is 36.5 Å². The van der Waals surface area contributed by atoms with Gasteiger partial charge in [0.05, 0.1) is 25.4 Å². The Balaban J connectivity index is 1.85. The normalized spacial score (nSPS) is 14.6. The number of Topliss-reactive ketones (excluding diaryl/α,β-unsaturated/α-hetero) is 1. The van der Waals surface area contributed by atoms with E-state index < -0.39 is 0 Å². The van der Waals surface area contributed by atoms with Crippen molar-refractivity contribution >= 4 is 17.4 Å². The predicted molar refractivity (Wildman–Crippen MR) is 110 cm³/mol. The minimum Gasteiger partial charge on any atom is -0.379 e. The van der Waals surface area contributed by atoms with Gasteiger partial charge in [0.1, 0.15) is 5.69 Å². The second-order valence-electron chi connectivity index (χ2n) is 6.89. The van der Waals surface area contributed by atoms with Crippen molar-refractivity contribution in [3.8, 4) is 11.1 Å². The molecule has 0 aliphatic carbocycles. The van der Waals surface area contributed by atoms with Gasteiger partial charge in [-0.3, -0.25) is 19.5 Å². The second kappa shape index (κ2) is 9.57. The molecule has 0 radical (unpaired) electrons. The molecule has 0 atom stereocenters. The smallest absolute Gasteiger partial charge is 0.238 e. The van der Waals surface area contributed by atoms with E-state index in [0.717, 1.165) is 30.6 Å². The minimum atomic E-state index is -0.145. The number of nitrogens with one attached hydrogen (secondary N) is 1. The molecule has 1 aromatic carbocycles. The lowest BCUT2D eigenvalue weighted by Gasteiger charge is -2.25. The summed E-state index contributed by atoms with van der Waals surface area (Å²) >= 11 is 0. The van der Waals surface area contributed by atoms with Gasteiger partial charge in [-0.1, -0.05) is 38.1 Å². The summed E-state index contributed by atoms with van der Waals surface area (Å²) in [5.41, 5.74) is 3.91. The van der Waals surface area contributed by atoms with Crippen molar-refractivity contribution in [3.05, 3.63) is 47.8 Å². The van der Waals surface area contributed by atoms with E-state index in [1.807, 2.05) is 23.1 Å². The van der Waals surface area contributed by atoms with Crippen molar-refractivity contribution in [3.63, 3.8) is 0 Å². The molecule has 0 unspecified atom stereocenters. The molecule has 3 rings (SSSR count). The zero-order valence-electron chi connectivity index (χ0n) is 16.5. The van der Waals surface area contributed by atoms with E-state index in [9.17, 15) is 9.59 Å². The average molecular weight is 381 g/mol. The predicted octanol–water partition coefficient (Wildman–Crippen LogP) is 3.17. The monoisotopic (exact) mass is 381 g/mol. The molecule has 1 aliphatic rings. The molecule has 1 N–H and O–H groups in total. The largest absolute Gasteiger partial charge is 0.379 e. The molecule has 28 heavy (non-hydrogen) atoms. The van der Waals surface area contributed by atoms with Crippen LogP contribution < -0.4 is 5.32 Å². The third-order valence-electron chi connectivity index (χ3n) is 4.89. The Bertz CT molecular complexity index is 845. The molecule has 6 nitrogen and oxygen atoms in total. The Morgan fingerprint density at radius 2 is 1.93 bits per heavy atom. The van der Waals surface area contributed by atoms with E-state index in [2.05, 4.69) is 29.4 Å². The molecule has 1 amide bonds. The molecule has 6 heteroatoms. The van der Waals surface area contributed by atoms with Gasteiger partial charge in [0.2, 0.25) is 5.91 Å². The molecule has 1 aliphatic heterocycles. The van der Waals surface area contributed by atoms with E-state index in [1.54, 1.807) is 13.1 Å². The SMILES string of the molecule is CCC(=O)c1ncc(-c2cccc(CC)c2)cc1NC(=O)CN1CCOCC1. The van der Waals surface area contributed by atoms with Crippen LogP contribution in [0.5, 0.6) is 0 Å². The fourth-order valence-electron chi connectivity index (χ4n) is 3.23. The number of ketones is 1. The number of aromatic nitrogens is 1. The van der Waals surface area contributed by atoms with Crippen LogP contribution in [0.1, 0.15) is 36.3 Å². The zero-order chi connectivity index (χ0) is 19.9. The Hall–Kier alpha value is -2.57. The van der Waals surface area contributed by atoms with Gasteiger partial charge in [-0.05, 0) is 23.6 Å². The van der Waals surface area contributed by atoms with E-state index in [-0.39, 0.29) is 18.2 Å². The first-order valence-corrected chi connectivity index (χ1v) is 9.83. The number of ether oxygens (including phenoxy) is 1. The summed E-state index contributed by atoms with van der Waals surface area (Å²) < 4.78 is 5.32. The van der Waals surface area contributed by atoms with Gasteiger partial charge in [-0.15, -0.1) is 0 Å². The fraction of sp³-hybridized carbons (Fsp3) is 0.409. The van der Waals surface area contributed by atoms with Crippen molar-refractivity contribution in [1.82, 2.24) is 9.88 Å². The molecule has 0 saturated carbocycles. The molecule has 1 saturated heterocycles. The van der Waals surface area contributed by atoms with Crippen LogP contribution in [0.4, 0.5) is 5.69 Å². The quantitative estimate of drug-likeness (QED) is 0.746. The number of hydrogen-bond donors (Lipinski definition) is 1. The number of nitrogens with zero attached hydrogens (tertiary/aromatic N) is 2. The Kier molecular flexibility index (Phi) is 6.90. The highest BCUT2D eigenvalue weighted by Crippen LogP contribution is 2.26. The van der Waals surface area contributed by atoms with Gasteiger partial charge in [0.25, 0.3) is 0 Å². The van der Waals surface area contributed by atoms with Crippen molar-refractivity contribution in [2.45, 2.75) is 26.7 Å². The molecule has 148 valence electrons. The number of carbonyl (C=O) groups is 2. The molecule has 1 fully saturated rings. The number of benzene rings is 1. The summed E-state index contributed by atoms with van der Waals surface area (Å²) in [7, 11) is 0. The molecule has 0 bridgehead atoms. The van der Waals surface area contributed by atoms with E-state index in [4.69, 9.17) is 4.74 Å². The second-order valence-corrected chi connectivity index (χ2v) is 6.89. The van der Waals surface area contributed by atoms with Crippen LogP contribution in [0.25, 0.3) is 11.1 Å². The molecule has 1 aromatic heterocycles. The topological polar surface area (TPSA) is 71.5 Å². The Labute approximate surface area is 165 Å². The summed E-state index contributed by atoms with van der Waals surface area (Å²) in [4.78, 5) is 31.3. The highest BCUT2D eigenvalue weighted by Gasteiger charge is 2.18. The molecule has 2 heterocycles. The highest BCUT2D eigenvalue weighted by molar-refractivity contribution is 6.04.